The second-order valence-corrected chi connectivity index (χ2v) is 9.13. The predicted molar refractivity (Wildman–Crippen MR) is 118 cm³/mol. The molecule has 0 unspecified atom stereocenters. The van der Waals surface area contributed by atoms with Crippen LogP contribution in [0, 0.1) is 10.1 Å². The van der Waals surface area contributed by atoms with Gasteiger partial charge in [-0.2, -0.15) is 0 Å². The third kappa shape index (κ3) is 3.41. The zero-order valence-corrected chi connectivity index (χ0v) is 17.0. The van der Waals surface area contributed by atoms with Crippen LogP contribution in [0.3, 0.4) is 0 Å². The standard InChI is InChI=1S/C22H17N3O2S2/c26-25(27)16-10-12-17(13-11-16)29-20-14-28-22-23-18-8-4-5-9-19(18)24(22)21(20)15-6-2-1-3-7-15/h1-13,20-21H,14H2/t20-,21-/m1/s1. The van der Waals surface area contributed by atoms with Gasteiger partial charge in [-0.15, -0.1) is 11.8 Å². The monoisotopic (exact) mass is 419 g/mol. The minimum atomic E-state index is -0.360. The predicted octanol–water partition coefficient (Wildman–Crippen LogP) is 5.80. The van der Waals surface area contributed by atoms with Gasteiger partial charge in [-0.3, -0.25) is 10.1 Å². The maximum atomic E-state index is 11.0. The average molecular weight is 420 g/mol. The Balaban J connectivity index is 1.57. The minimum absolute atomic E-state index is 0.120. The summed E-state index contributed by atoms with van der Waals surface area (Å²) in [5.41, 5.74) is 3.52. The Hall–Kier alpha value is -2.77. The third-order valence-electron chi connectivity index (χ3n) is 5.05. The average Bonchev–Trinajstić information content (AvgIpc) is 3.13. The summed E-state index contributed by atoms with van der Waals surface area (Å²) >= 11 is 3.54. The van der Waals surface area contributed by atoms with Crippen LogP contribution in [0.4, 0.5) is 5.69 Å². The van der Waals surface area contributed by atoms with Gasteiger partial charge in [-0.25, -0.2) is 4.98 Å². The van der Waals surface area contributed by atoms with Gasteiger partial charge in [-0.1, -0.05) is 54.2 Å². The van der Waals surface area contributed by atoms with E-state index in [-0.39, 0.29) is 21.9 Å². The second kappa shape index (κ2) is 7.57. The molecule has 5 nitrogen and oxygen atoms in total. The first-order valence-corrected chi connectivity index (χ1v) is 11.1. The van der Waals surface area contributed by atoms with Crippen molar-refractivity contribution in [1.82, 2.24) is 9.55 Å². The number of benzene rings is 3. The van der Waals surface area contributed by atoms with Gasteiger partial charge >= 0.3 is 0 Å². The van der Waals surface area contributed by atoms with Crippen LogP contribution < -0.4 is 0 Å². The number of imidazole rings is 1. The zero-order chi connectivity index (χ0) is 19.8. The van der Waals surface area contributed by atoms with E-state index in [1.165, 1.54) is 5.56 Å². The zero-order valence-electron chi connectivity index (χ0n) is 15.3. The van der Waals surface area contributed by atoms with Gasteiger partial charge in [0, 0.05) is 28.0 Å². The van der Waals surface area contributed by atoms with Gasteiger partial charge in [0.2, 0.25) is 0 Å². The van der Waals surface area contributed by atoms with E-state index in [2.05, 4.69) is 47.0 Å². The number of nitrogens with zero attached hydrogens (tertiary/aromatic N) is 3. The molecule has 0 saturated heterocycles. The molecule has 1 aliphatic rings. The molecule has 4 aromatic rings. The van der Waals surface area contributed by atoms with Crippen molar-refractivity contribution in [2.45, 2.75) is 21.3 Å². The number of hydrogen-bond acceptors (Lipinski definition) is 5. The highest BCUT2D eigenvalue weighted by Gasteiger charge is 2.34. The molecule has 0 bridgehead atoms. The van der Waals surface area contributed by atoms with Crippen LogP contribution in [0.2, 0.25) is 0 Å². The Kier molecular flexibility index (Phi) is 4.77. The summed E-state index contributed by atoms with van der Waals surface area (Å²) < 4.78 is 2.35. The van der Waals surface area contributed by atoms with E-state index < -0.39 is 0 Å². The van der Waals surface area contributed by atoms with Crippen molar-refractivity contribution in [3.63, 3.8) is 0 Å². The summed E-state index contributed by atoms with van der Waals surface area (Å²) in [6.45, 7) is 0. The number of nitro groups is 1. The molecule has 0 amide bonds. The lowest BCUT2D eigenvalue weighted by Gasteiger charge is -2.33. The number of fused-ring (bicyclic) bond motifs is 3. The smallest absolute Gasteiger partial charge is 0.269 e. The van der Waals surface area contributed by atoms with E-state index >= 15 is 0 Å². The van der Waals surface area contributed by atoms with Crippen LogP contribution in [0.5, 0.6) is 0 Å². The molecule has 0 N–H and O–H groups in total. The summed E-state index contributed by atoms with van der Waals surface area (Å²) in [5, 5.41) is 12.3. The van der Waals surface area contributed by atoms with E-state index in [1.54, 1.807) is 35.7 Å². The van der Waals surface area contributed by atoms with Gasteiger partial charge in [0.15, 0.2) is 5.16 Å². The van der Waals surface area contributed by atoms with Crippen LogP contribution in [0.15, 0.2) is 88.9 Å². The number of nitro benzene ring substituents is 1. The lowest BCUT2D eigenvalue weighted by Crippen LogP contribution is -2.29. The maximum Gasteiger partial charge on any atom is 0.269 e. The van der Waals surface area contributed by atoms with Crippen molar-refractivity contribution in [2.24, 2.45) is 0 Å². The van der Waals surface area contributed by atoms with Crippen molar-refractivity contribution < 1.29 is 4.92 Å². The fourth-order valence-electron chi connectivity index (χ4n) is 3.74. The lowest BCUT2D eigenvalue weighted by atomic mass is 10.0. The molecule has 1 aliphatic heterocycles. The molecular formula is C22H17N3O2S2. The van der Waals surface area contributed by atoms with E-state index in [4.69, 9.17) is 4.98 Å². The molecule has 0 spiro atoms. The Bertz CT molecular complexity index is 1180. The van der Waals surface area contributed by atoms with Crippen LogP contribution >= 0.6 is 23.5 Å². The Morgan fingerprint density at radius 2 is 1.72 bits per heavy atom. The van der Waals surface area contributed by atoms with Crippen molar-refractivity contribution in [3.8, 4) is 0 Å². The molecule has 1 aromatic heterocycles. The molecule has 0 fully saturated rings. The second-order valence-electron chi connectivity index (χ2n) is 6.83. The molecule has 0 radical (unpaired) electrons. The fourth-order valence-corrected chi connectivity index (χ4v) is 6.28. The lowest BCUT2D eigenvalue weighted by molar-refractivity contribution is -0.384. The van der Waals surface area contributed by atoms with E-state index in [0.29, 0.717) is 0 Å². The summed E-state index contributed by atoms with van der Waals surface area (Å²) in [4.78, 5) is 16.5. The number of thioether (sulfide) groups is 2. The van der Waals surface area contributed by atoms with E-state index in [9.17, 15) is 10.1 Å². The molecule has 2 heterocycles. The van der Waals surface area contributed by atoms with Gasteiger partial charge in [0.1, 0.15) is 0 Å². The molecule has 0 saturated carbocycles. The first-order chi connectivity index (χ1) is 14.2. The summed E-state index contributed by atoms with van der Waals surface area (Å²) in [6, 6.07) is 25.8. The number of para-hydroxylation sites is 2. The number of non-ortho nitro benzene ring substituents is 1. The highest BCUT2D eigenvalue weighted by Crippen LogP contribution is 2.45. The van der Waals surface area contributed by atoms with E-state index in [1.807, 2.05) is 24.3 Å². The Morgan fingerprint density at radius 3 is 2.48 bits per heavy atom. The normalized spacial score (nSPS) is 18.5. The topological polar surface area (TPSA) is 61.0 Å². The number of hydrogen-bond donors (Lipinski definition) is 0. The summed E-state index contributed by atoms with van der Waals surface area (Å²) in [7, 11) is 0. The van der Waals surface area contributed by atoms with Gasteiger partial charge in [0.05, 0.1) is 22.0 Å². The first-order valence-electron chi connectivity index (χ1n) is 9.26. The highest BCUT2D eigenvalue weighted by atomic mass is 32.2. The maximum absolute atomic E-state index is 11.0. The van der Waals surface area contributed by atoms with Crippen LogP contribution in [-0.4, -0.2) is 25.5 Å². The summed E-state index contributed by atoms with van der Waals surface area (Å²) in [5.74, 6) is 0.921. The van der Waals surface area contributed by atoms with E-state index in [0.717, 1.165) is 26.8 Å². The molecular weight excluding hydrogens is 402 g/mol. The Labute approximate surface area is 176 Å². The van der Waals surface area contributed by atoms with Crippen molar-refractivity contribution in [3.05, 3.63) is 94.5 Å². The molecule has 2 atom stereocenters. The number of aromatic nitrogens is 2. The molecule has 7 heteroatoms. The molecule has 3 aromatic carbocycles. The SMILES string of the molecule is O=[N+]([O-])c1ccc(S[C@@H]2CSc3nc4ccccc4n3[C@@H]2c2ccccc2)cc1. The van der Waals surface area contributed by atoms with Crippen molar-refractivity contribution in [1.29, 1.82) is 0 Å². The minimum Gasteiger partial charge on any atom is -0.310 e. The van der Waals surface area contributed by atoms with Crippen molar-refractivity contribution >= 4 is 40.2 Å². The van der Waals surface area contributed by atoms with Gasteiger partial charge in [0.25, 0.3) is 5.69 Å². The molecule has 29 heavy (non-hydrogen) atoms. The molecule has 5 rings (SSSR count). The van der Waals surface area contributed by atoms with Crippen LogP contribution in [0.1, 0.15) is 11.6 Å². The van der Waals surface area contributed by atoms with Crippen LogP contribution in [0.25, 0.3) is 11.0 Å². The summed E-state index contributed by atoms with van der Waals surface area (Å²) in [6.07, 6.45) is 0. The highest BCUT2D eigenvalue weighted by molar-refractivity contribution is 8.03. The van der Waals surface area contributed by atoms with Crippen LogP contribution in [-0.2, 0) is 0 Å². The molecule has 0 aliphatic carbocycles. The number of rotatable bonds is 4. The van der Waals surface area contributed by atoms with Gasteiger partial charge < -0.3 is 4.57 Å². The van der Waals surface area contributed by atoms with Crippen molar-refractivity contribution in [2.75, 3.05) is 5.75 Å². The largest absolute Gasteiger partial charge is 0.310 e. The molecule has 144 valence electrons. The Morgan fingerprint density at radius 1 is 1.00 bits per heavy atom. The first kappa shape index (κ1) is 18.3. The fraction of sp³-hybridized carbons (Fsp3) is 0.136. The third-order valence-corrected chi connectivity index (χ3v) is 7.60. The quantitative estimate of drug-likeness (QED) is 0.309. The van der Waals surface area contributed by atoms with Gasteiger partial charge in [-0.05, 0) is 29.8 Å².